The summed E-state index contributed by atoms with van der Waals surface area (Å²) in [6.45, 7) is 0. The van der Waals surface area contributed by atoms with Crippen molar-refractivity contribution in [1.82, 2.24) is 9.97 Å². The molecule has 3 N–H and O–H groups in total. The molecule has 0 radical (unpaired) electrons. The molecule has 26 heavy (non-hydrogen) atoms. The van der Waals surface area contributed by atoms with E-state index in [1.54, 1.807) is 24.7 Å². The van der Waals surface area contributed by atoms with Crippen molar-refractivity contribution in [2.45, 2.75) is 4.90 Å². The van der Waals surface area contributed by atoms with Crippen molar-refractivity contribution in [3.05, 3.63) is 73.2 Å². The summed E-state index contributed by atoms with van der Waals surface area (Å²) in [4.78, 5) is 8.08. The molecular weight excluding hydrogens is 350 g/mol. The van der Waals surface area contributed by atoms with Gasteiger partial charge in [0.2, 0.25) is 10.0 Å². The van der Waals surface area contributed by atoms with Crippen molar-refractivity contribution >= 4 is 10.0 Å². The zero-order valence-electron chi connectivity index (χ0n) is 13.6. The molecule has 0 aliphatic rings. The second-order valence-corrected chi connectivity index (χ2v) is 7.32. The van der Waals surface area contributed by atoms with Gasteiger partial charge in [0.05, 0.1) is 28.1 Å². The number of aromatic nitrogens is 2. The lowest BCUT2D eigenvalue weighted by molar-refractivity contribution is 0.568. The fourth-order valence-electron chi connectivity index (χ4n) is 2.73. The summed E-state index contributed by atoms with van der Waals surface area (Å²) in [6.07, 6.45) is 3.20. The Labute approximate surface area is 150 Å². The van der Waals surface area contributed by atoms with Gasteiger partial charge in [-0.1, -0.05) is 42.5 Å². The highest BCUT2D eigenvalue weighted by atomic mass is 32.2. The van der Waals surface area contributed by atoms with Gasteiger partial charge in [0.15, 0.2) is 0 Å². The Morgan fingerprint density at radius 3 is 2.23 bits per heavy atom. The summed E-state index contributed by atoms with van der Waals surface area (Å²) < 4.78 is 28.1. The monoisotopic (exact) mass is 365 g/mol. The smallest absolute Gasteiger partial charge is 0.238 e. The number of aromatic amines is 1. The fourth-order valence-corrected chi connectivity index (χ4v) is 3.25. The Morgan fingerprint density at radius 2 is 1.62 bits per heavy atom. The fraction of sp³-hybridized carbons (Fsp3) is 0. The summed E-state index contributed by atoms with van der Waals surface area (Å²) in [7, 11) is -3.73. The number of furan rings is 1. The highest BCUT2D eigenvalue weighted by Gasteiger charge is 2.16. The molecule has 130 valence electrons. The van der Waals surface area contributed by atoms with Gasteiger partial charge in [0.25, 0.3) is 0 Å². The molecule has 2 aromatic carbocycles. The van der Waals surface area contributed by atoms with Gasteiger partial charge >= 0.3 is 0 Å². The van der Waals surface area contributed by atoms with Crippen LogP contribution in [0, 0.1) is 0 Å². The van der Waals surface area contributed by atoms with Crippen molar-refractivity contribution < 1.29 is 12.8 Å². The van der Waals surface area contributed by atoms with Crippen LogP contribution in [0.15, 0.2) is 82.5 Å². The van der Waals surface area contributed by atoms with Crippen LogP contribution in [0.4, 0.5) is 0 Å². The summed E-state index contributed by atoms with van der Waals surface area (Å²) in [6, 6.07) is 18.0. The Morgan fingerprint density at radius 1 is 0.885 bits per heavy atom. The van der Waals surface area contributed by atoms with E-state index in [2.05, 4.69) is 4.98 Å². The van der Waals surface area contributed by atoms with Crippen LogP contribution in [0.5, 0.6) is 0 Å². The molecule has 0 saturated carbocycles. The standard InChI is InChI=1S/C19H15N3O3S/c20-26(23,24)16-8-6-14(7-9-16)18-17(13-4-2-1-3-5-13)21-19(22-18)15-10-11-25-12-15/h1-12H,(H,21,22)(H2,20,23,24). The van der Waals surface area contributed by atoms with E-state index in [1.165, 1.54) is 12.1 Å². The quantitative estimate of drug-likeness (QED) is 0.576. The predicted molar refractivity (Wildman–Crippen MR) is 98.5 cm³/mol. The topological polar surface area (TPSA) is 102 Å². The predicted octanol–water partition coefficient (Wildman–Crippen LogP) is 3.65. The van der Waals surface area contributed by atoms with Gasteiger partial charge in [-0.15, -0.1) is 0 Å². The molecule has 0 aliphatic heterocycles. The third-order valence-electron chi connectivity index (χ3n) is 4.02. The van der Waals surface area contributed by atoms with Crippen LogP contribution in [0.2, 0.25) is 0 Å². The lowest BCUT2D eigenvalue weighted by Crippen LogP contribution is -2.11. The maximum atomic E-state index is 11.5. The van der Waals surface area contributed by atoms with Crippen LogP contribution < -0.4 is 5.14 Å². The molecule has 0 bridgehead atoms. The number of nitrogens with zero attached hydrogens (tertiary/aromatic N) is 1. The van der Waals surface area contributed by atoms with Crippen LogP contribution in [0.25, 0.3) is 33.9 Å². The van der Waals surface area contributed by atoms with Crippen LogP contribution >= 0.6 is 0 Å². The van der Waals surface area contributed by atoms with Crippen LogP contribution in [-0.4, -0.2) is 18.4 Å². The SMILES string of the molecule is NS(=O)(=O)c1ccc(-c2[nH]c(-c3ccoc3)nc2-c2ccccc2)cc1. The normalized spacial score (nSPS) is 11.6. The molecular formula is C19H15N3O3S. The zero-order valence-corrected chi connectivity index (χ0v) is 14.4. The van der Waals surface area contributed by atoms with Gasteiger partial charge in [-0.3, -0.25) is 0 Å². The molecule has 7 heteroatoms. The van der Waals surface area contributed by atoms with E-state index in [9.17, 15) is 8.42 Å². The van der Waals surface area contributed by atoms with E-state index in [1.807, 2.05) is 36.4 Å². The van der Waals surface area contributed by atoms with Gasteiger partial charge < -0.3 is 9.40 Å². The lowest BCUT2D eigenvalue weighted by Gasteiger charge is -2.04. The molecule has 0 amide bonds. The second kappa shape index (κ2) is 6.29. The average molecular weight is 365 g/mol. The highest BCUT2D eigenvalue weighted by molar-refractivity contribution is 7.89. The first-order valence-corrected chi connectivity index (χ1v) is 9.38. The Kier molecular flexibility index (Phi) is 3.95. The van der Waals surface area contributed by atoms with Crippen molar-refractivity contribution in [3.63, 3.8) is 0 Å². The van der Waals surface area contributed by atoms with E-state index in [4.69, 9.17) is 14.5 Å². The van der Waals surface area contributed by atoms with Gasteiger partial charge in [0, 0.05) is 11.1 Å². The maximum absolute atomic E-state index is 11.5. The lowest BCUT2D eigenvalue weighted by atomic mass is 10.1. The van der Waals surface area contributed by atoms with Crippen LogP contribution in [-0.2, 0) is 10.0 Å². The number of nitrogens with one attached hydrogen (secondary N) is 1. The average Bonchev–Trinajstić information content (AvgIpc) is 3.31. The number of benzene rings is 2. The van der Waals surface area contributed by atoms with E-state index >= 15 is 0 Å². The number of imidazole rings is 1. The summed E-state index contributed by atoms with van der Waals surface area (Å²) >= 11 is 0. The van der Waals surface area contributed by atoms with Gasteiger partial charge in [0.1, 0.15) is 12.1 Å². The minimum absolute atomic E-state index is 0.0667. The number of rotatable bonds is 4. The number of primary sulfonamides is 1. The molecule has 0 saturated heterocycles. The van der Waals surface area contributed by atoms with E-state index in [-0.39, 0.29) is 4.90 Å². The largest absolute Gasteiger partial charge is 0.472 e. The molecule has 0 spiro atoms. The van der Waals surface area contributed by atoms with Gasteiger partial charge in [-0.25, -0.2) is 18.5 Å². The molecule has 6 nitrogen and oxygen atoms in total. The third-order valence-corrected chi connectivity index (χ3v) is 4.95. The van der Waals surface area contributed by atoms with Crippen molar-refractivity contribution in [1.29, 1.82) is 0 Å². The van der Waals surface area contributed by atoms with Crippen LogP contribution in [0.1, 0.15) is 0 Å². The zero-order chi connectivity index (χ0) is 18.1. The maximum Gasteiger partial charge on any atom is 0.238 e. The molecule has 0 atom stereocenters. The first-order valence-electron chi connectivity index (χ1n) is 7.83. The minimum Gasteiger partial charge on any atom is -0.472 e. The second-order valence-electron chi connectivity index (χ2n) is 5.76. The molecule has 0 unspecified atom stereocenters. The number of sulfonamides is 1. The number of H-pyrrole nitrogens is 1. The highest BCUT2D eigenvalue weighted by Crippen LogP contribution is 2.33. The van der Waals surface area contributed by atoms with Crippen molar-refractivity contribution in [3.8, 4) is 33.9 Å². The van der Waals surface area contributed by atoms with Crippen LogP contribution in [0.3, 0.4) is 0 Å². The molecule has 0 aliphatic carbocycles. The number of hydrogen-bond acceptors (Lipinski definition) is 4. The van der Waals surface area contributed by atoms with E-state index < -0.39 is 10.0 Å². The first-order chi connectivity index (χ1) is 12.5. The molecule has 0 fully saturated rings. The molecule has 4 aromatic rings. The van der Waals surface area contributed by atoms with Gasteiger partial charge in [-0.2, -0.15) is 0 Å². The Bertz CT molecular complexity index is 1130. The minimum atomic E-state index is -3.73. The van der Waals surface area contributed by atoms with Crippen molar-refractivity contribution in [2.24, 2.45) is 5.14 Å². The molecule has 4 rings (SSSR count). The number of nitrogens with two attached hydrogens (primary N) is 1. The Hall–Kier alpha value is -3.16. The van der Waals surface area contributed by atoms with E-state index in [0.717, 1.165) is 28.1 Å². The van der Waals surface area contributed by atoms with Crippen molar-refractivity contribution in [2.75, 3.05) is 0 Å². The first kappa shape index (κ1) is 16.3. The third kappa shape index (κ3) is 3.05. The van der Waals surface area contributed by atoms with Gasteiger partial charge in [-0.05, 0) is 18.2 Å². The Balaban J connectivity index is 1.87. The molecule has 2 heterocycles. The summed E-state index contributed by atoms with van der Waals surface area (Å²) in [5.74, 6) is 0.670. The summed E-state index contributed by atoms with van der Waals surface area (Å²) in [5, 5.41) is 5.18. The molecule has 2 aromatic heterocycles. The number of hydrogen-bond donors (Lipinski definition) is 2. The summed E-state index contributed by atoms with van der Waals surface area (Å²) in [5.41, 5.74) is 4.13. The van der Waals surface area contributed by atoms with E-state index in [0.29, 0.717) is 5.82 Å².